The van der Waals surface area contributed by atoms with E-state index in [2.05, 4.69) is 15.5 Å². The quantitative estimate of drug-likeness (QED) is 0.592. The second-order valence-electron chi connectivity index (χ2n) is 6.69. The van der Waals surface area contributed by atoms with Gasteiger partial charge in [0.1, 0.15) is 11.6 Å². The third-order valence-corrected chi connectivity index (χ3v) is 5.17. The van der Waals surface area contributed by atoms with Crippen molar-refractivity contribution in [3.05, 3.63) is 70.2 Å². The normalized spacial score (nSPS) is 11.9. The molecular formula is C22H26ClF2N3O2. The molecule has 0 spiro atoms. The van der Waals surface area contributed by atoms with E-state index in [1.54, 1.807) is 0 Å². The Bertz CT molecular complexity index is 875. The summed E-state index contributed by atoms with van der Waals surface area (Å²) in [5.41, 5.74) is 0.667. The largest absolute Gasteiger partial charge is 0.354 e. The zero-order valence-corrected chi connectivity index (χ0v) is 17.8. The molecule has 2 rings (SSSR count). The lowest BCUT2D eigenvalue weighted by Gasteiger charge is -2.31. The molecule has 1 atom stereocenters. The number of hydrogen-bond donors (Lipinski definition) is 2. The Kier molecular flexibility index (Phi) is 9.20. The molecule has 2 aromatic carbocycles. The first-order chi connectivity index (χ1) is 14.4. The van der Waals surface area contributed by atoms with Crippen LogP contribution in [-0.2, 0) is 4.79 Å². The molecule has 0 heterocycles. The van der Waals surface area contributed by atoms with Crippen LogP contribution < -0.4 is 10.6 Å². The molecule has 2 aromatic rings. The predicted molar refractivity (Wildman–Crippen MR) is 113 cm³/mol. The molecule has 2 N–H and O–H groups in total. The number of amides is 2. The molecule has 0 saturated carbocycles. The van der Waals surface area contributed by atoms with Gasteiger partial charge in [0.15, 0.2) is 0 Å². The van der Waals surface area contributed by atoms with Crippen LogP contribution in [0, 0.1) is 11.6 Å². The van der Waals surface area contributed by atoms with E-state index in [4.69, 9.17) is 11.6 Å². The van der Waals surface area contributed by atoms with Crippen molar-refractivity contribution in [1.82, 2.24) is 15.5 Å². The topological polar surface area (TPSA) is 61.4 Å². The van der Waals surface area contributed by atoms with Gasteiger partial charge in [-0.15, -0.1) is 0 Å². The third-order valence-electron chi connectivity index (χ3n) is 4.82. The fourth-order valence-electron chi connectivity index (χ4n) is 3.20. The van der Waals surface area contributed by atoms with Crippen molar-refractivity contribution in [1.29, 1.82) is 0 Å². The van der Waals surface area contributed by atoms with Gasteiger partial charge in [-0.3, -0.25) is 14.5 Å². The number of likely N-dealkylation sites (N-methyl/N-ethyl adjacent to an activating group) is 1. The minimum atomic E-state index is -0.946. The molecule has 2 amide bonds. The van der Waals surface area contributed by atoms with Crippen LogP contribution in [0.3, 0.4) is 0 Å². The number of halogens is 3. The van der Waals surface area contributed by atoms with Gasteiger partial charge in [0.05, 0.1) is 11.6 Å². The number of carbonyl (C=O) groups excluding carboxylic acids is 2. The summed E-state index contributed by atoms with van der Waals surface area (Å²) in [5.74, 6) is -2.65. The standard InChI is InChI=1S/C22H26ClF2N3O2/c1-3-28(4-2)20(16-7-5-6-8-18(16)23)14-27-21(29)11-12-26-22(30)17-10-9-15(24)13-19(17)25/h5-10,13,20H,3-4,11-12,14H2,1-2H3,(H,26,30)(H,27,29). The van der Waals surface area contributed by atoms with Crippen molar-refractivity contribution in [2.24, 2.45) is 0 Å². The Morgan fingerprint density at radius 1 is 1.07 bits per heavy atom. The van der Waals surface area contributed by atoms with E-state index in [1.807, 2.05) is 38.1 Å². The molecular weight excluding hydrogens is 412 g/mol. The van der Waals surface area contributed by atoms with Crippen LogP contribution in [0.2, 0.25) is 5.02 Å². The minimum absolute atomic E-state index is 0.0298. The first-order valence-electron chi connectivity index (χ1n) is 9.85. The van der Waals surface area contributed by atoms with E-state index in [9.17, 15) is 18.4 Å². The van der Waals surface area contributed by atoms with Gasteiger partial charge in [0, 0.05) is 30.6 Å². The lowest BCUT2D eigenvalue weighted by molar-refractivity contribution is -0.121. The summed E-state index contributed by atoms with van der Waals surface area (Å²) in [5, 5.41) is 5.98. The number of rotatable bonds is 10. The average molecular weight is 438 g/mol. The lowest BCUT2D eigenvalue weighted by Crippen LogP contribution is -2.39. The molecule has 0 bridgehead atoms. The van der Waals surface area contributed by atoms with E-state index in [0.29, 0.717) is 17.6 Å². The van der Waals surface area contributed by atoms with Crippen LogP contribution in [-0.4, -0.2) is 42.9 Å². The van der Waals surface area contributed by atoms with Crippen molar-refractivity contribution in [3.8, 4) is 0 Å². The predicted octanol–water partition coefficient (Wildman–Crippen LogP) is 3.94. The van der Waals surface area contributed by atoms with Crippen molar-refractivity contribution in [2.45, 2.75) is 26.3 Å². The van der Waals surface area contributed by atoms with Crippen molar-refractivity contribution < 1.29 is 18.4 Å². The summed E-state index contributed by atoms with van der Waals surface area (Å²) in [4.78, 5) is 26.4. The highest BCUT2D eigenvalue weighted by molar-refractivity contribution is 6.31. The van der Waals surface area contributed by atoms with Gasteiger partial charge in [0.25, 0.3) is 5.91 Å². The molecule has 0 aliphatic heterocycles. The smallest absolute Gasteiger partial charge is 0.254 e. The maximum atomic E-state index is 13.6. The average Bonchev–Trinajstić information content (AvgIpc) is 2.71. The second-order valence-corrected chi connectivity index (χ2v) is 7.10. The maximum Gasteiger partial charge on any atom is 0.254 e. The highest BCUT2D eigenvalue weighted by Crippen LogP contribution is 2.26. The van der Waals surface area contributed by atoms with Crippen LogP contribution in [0.4, 0.5) is 8.78 Å². The van der Waals surface area contributed by atoms with Gasteiger partial charge in [-0.25, -0.2) is 8.78 Å². The van der Waals surface area contributed by atoms with Gasteiger partial charge in [-0.05, 0) is 36.9 Å². The second kappa shape index (κ2) is 11.6. The zero-order valence-electron chi connectivity index (χ0n) is 17.1. The van der Waals surface area contributed by atoms with E-state index in [-0.39, 0.29) is 30.5 Å². The number of hydrogen-bond acceptors (Lipinski definition) is 3. The Balaban J connectivity index is 1.89. The van der Waals surface area contributed by atoms with E-state index < -0.39 is 17.5 Å². The van der Waals surface area contributed by atoms with Gasteiger partial charge < -0.3 is 10.6 Å². The van der Waals surface area contributed by atoms with Crippen LogP contribution in [0.25, 0.3) is 0 Å². The van der Waals surface area contributed by atoms with Crippen molar-refractivity contribution in [2.75, 3.05) is 26.2 Å². The van der Waals surface area contributed by atoms with Gasteiger partial charge in [-0.1, -0.05) is 43.6 Å². The summed E-state index contributed by atoms with van der Waals surface area (Å²) in [6.07, 6.45) is 0.0298. The summed E-state index contributed by atoms with van der Waals surface area (Å²) in [6.45, 7) is 6.07. The van der Waals surface area contributed by atoms with Crippen LogP contribution >= 0.6 is 11.6 Å². The van der Waals surface area contributed by atoms with Gasteiger partial charge in [-0.2, -0.15) is 0 Å². The van der Waals surface area contributed by atoms with Crippen LogP contribution in [0.5, 0.6) is 0 Å². The highest BCUT2D eigenvalue weighted by atomic mass is 35.5. The summed E-state index contributed by atoms with van der Waals surface area (Å²) in [6, 6.07) is 10.2. The zero-order chi connectivity index (χ0) is 22.1. The van der Waals surface area contributed by atoms with Crippen molar-refractivity contribution in [3.63, 3.8) is 0 Å². The summed E-state index contributed by atoms with van der Waals surface area (Å²) >= 11 is 6.35. The molecule has 0 fully saturated rings. The fourth-order valence-corrected chi connectivity index (χ4v) is 3.46. The van der Waals surface area contributed by atoms with Gasteiger partial charge >= 0.3 is 0 Å². The van der Waals surface area contributed by atoms with Crippen LogP contribution in [0.1, 0.15) is 42.2 Å². The Labute approximate surface area is 180 Å². The summed E-state index contributed by atoms with van der Waals surface area (Å²) < 4.78 is 26.6. The molecule has 0 saturated heterocycles. The Hall–Kier alpha value is -2.51. The highest BCUT2D eigenvalue weighted by Gasteiger charge is 2.21. The van der Waals surface area contributed by atoms with Crippen LogP contribution in [0.15, 0.2) is 42.5 Å². The monoisotopic (exact) mass is 437 g/mol. The first-order valence-corrected chi connectivity index (χ1v) is 10.2. The van der Waals surface area contributed by atoms with E-state index in [1.165, 1.54) is 0 Å². The van der Waals surface area contributed by atoms with Gasteiger partial charge in [0.2, 0.25) is 5.91 Å². The molecule has 30 heavy (non-hydrogen) atoms. The molecule has 0 aliphatic carbocycles. The number of carbonyl (C=O) groups is 2. The molecule has 0 aliphatic rings. The minimum Gasteiger partial charge on any atom is -0.354 e. The SMILES string of the molecule is CCN(CC)C(CNC(=O)CCNC(=O)c1ccc(F)cc1F)c1ccccc1Cl. The maximum absolute atomic E-state index is 13.6. The first kappa shape index (κ1) is 23.8. The molecule has 0 aromatic heterocycles. The molecule has 1 unspecified atom stereocenters. The molecule has 5 nitrogen and oxygen atoms in total. The lowest BCUT2D eigenvalue weighted by atomic mass is 10.0. The fraction of sp³-hybridized carbons (Fsp3) is 0.364. The summed E-state index contributed by atoms with van der Waals surface area (Å²) in [7, 11) is 0. The van der Waals surface area contributed by atoms with Crippen molar-refractivity contribution >= 4 is 23.4 Å². The number of nitrogens with zero attached hydrogens (tertiary/aromatic N) is 1. The Morgan fingerprint density at radius 2 is 1.77 bits per heavy atom. The molecule has 8 heteroatoms. The van der Waals surface area contributed by atoms with E-state index >= 15 is 0 Å². The third kappa shape index (κ3) is 6.50. The molecule has 162 valence electrons. The number of benzene rings is 2. The Morgan fingerprint density at radius 3 is 2.40 bits per heavy atom. The molecule has 0 radical (unpaired) electrons. The number of nitrogens with one attached hydrogen (secondary N) is 2. The van der Waals surface area contributed by atoms with E-state index in [0.717, 1.165) is 30.8 Å².